The molecular weight excluding hydrogens is 544 g/mol. The van der Waals surface area contributed by atoms with E-state index in [-0.39, 0.29) is 29.2 Å². The summed E-state index contributed by atoms with van der Waals surface area (Å²) in [6.45, 7) is 9.38. The van der Waals surface area contributed by atoms with Crippen LogP contribution >= 0.6 is 22.6 Å². The lowest BCUT2D eigenvalue weighted by atomic mass is 9.88. The summed E-state index contributed by atoms with van der Waals surface area (Å²) in [4.78, 5) is 27.3. The van der Waals surface area contributed by atoms with Crippen molar-refractivity contribution >= 4 is 34.3 Å². The Labute approximate surface area is 214 Å². The van der Waals surface area contributed by atoms with E-state index in [9.17, 15) is 9.18 Å². The molecule has 0 unspecified atom stereocenters. The first-order valence-corrected chi connectivity index (χ1v) is 13.4. The summed E-state index contributed by atoms with van der Waals surface area (Å²) in [7, 11) is 0. The Kier molecular flexibility index (Phi) is 6.56. The van der Waals surface area contributed by atoms with E-state index >= 15 is 0 Å². The molecule has 3 heterocycles. The number of carbonyl (C=O) groups excluding carboxylic acids is 1. The van der Waals surface area contributed by atoms with E-state index in [1.807, 2.05) is 33.6 Å². The van der Waals surface area contributed by atoms with Crippen molar-refractivity contribution in [3.8, 4) is 0 Å². The summed E-state index contributed by atoms with van der Waals surface area (Å²) < 4.78 is 15.1. The zero-order valence-electron chi connectivity index (χ0n) is 20.2. The standard InChI is InChI=1S/C26H33FIN5O/c1-16-4-7-20-22(16)24(30-15-29-20)32-10-12-33(13-11-32)25(34)23(21-8-9-26(2,3)31-21)17-5-6-19(28)18(27)14-17/h5-6,14-16,21,23,31H,4,7-13H2,1-3H3/t16-,21+,23+/m1/s1. The molecule has 182 valence electrons. The molecule has 0 saturated carbocycles. The van der Waals surface area contributed by atoms with Gasteiger partial charge in [-0.3, -0.25) is 4.79 Å². The number of anilines is 1. The van der Waals surface area contributed by atoms with Crippen molar-refractivity contribution in [1.29, 1.82) is 0 Å². The summed E-state index contributed by atoms with van der Waals surface area (Å²) in [6.07, 6.45) is 5.72. The minimum Gasteiger partial charge on any atom is -0.353 e. The Balaban J connectivity index is 1.35. The quantitative estimate of drug-likeness (QED) is 0.552. The van der Waals surface area contributed by atoms with E-state index in [0.29, 0.717) is 22.6 Å². The van der Waals surface area contributed by atoms with Gasteiger partial charge in [0.05, 0.1) is 5.92 Å². The lowest BCUT2D eigenvalue weighted by molar-refractivity contribution is -0.133. The third-order valence-electron chi connectivity index (χ3n) is 7.77. The predicted octanol–water partition coefficient (Wildman–Crippen LogP) is 4.23. The average Bonchev–Trinajstić information content (AvgIpc) is 3.38. The van der Waals surface area contributed by atoms with Crippen molar-refractivity contribution in [2.45, 2.75) is 69.9 Å². The Morgan fingerprint density at radius 3 is 2.65 bits per heavy atom. The second-order valence-electron chi connectivity index (χ2n) is 10.6. The lowest BCUT2D eigenvalue weighted by Gasteiger charge is -2.39. The van der Waals surface area contributed by atoms with Crippen LogP contribution in [0.1, 0.15) is 68.7 Å². The largest absolute Gasteiger partial charge is 0.353 e. The first-order valence-electron chi connectivity index (χ1n) is 12.3. The maximum atomic E-state index is 14.5. The first-order chi connectivity index (χ1) is 16.2. The van der Waals surface area contributed by atoms with Crippen molar-refractivity contribution in [2.75, 3.05) is 31.1 Å². The Morgan fingerprint density at radius 2 is 1.97 bits per heavy atom. The third kappa shape index (κ3) is 4.55. The highest BCUT2D eigenvalue weighted by molar-refractivity contribution is 14.1. The number of hydrogen-bond donors (Lipinski definition) is 1. The lowest BCUT2D eigenvalue weighted by Crippen LogP contribution is -2.53. The Bertz CT molecular complexity index is 1080. The van der Waals surface area contributed by atoms with Gasteiger partial charge in [-0.1, -0.05) is 13.0 Å². The topological polar surface area (TPSA) is 61.4 Å². The normalized spacial score (nSPS) is 24.9. The number of benzene rings is 1. The van der Waals surface area contributed by atoms with Gasteiger partial charge in [-0.2, -0.15) is 0 Å². The van der Waals surface area contributed by atoms with Crippen molar-refractivity contribution < 1.29 is 9.18 Å². The molecule has 2 aromatic rings. The summed E-state index contributed by atoms with van der Waals surface area (Å²) in [5, 5.41) is 3.65. The van der Waals surface area contributed by atoms with Crippen LogP contribution in [0.4, 0.5) is 10.2 Å². The second kappa shape index (κ2) is 9.33. The summed E-state index contributed by atoms with van der Waals surface area (Å²) in [6, 6.07) is 5.26. The van der Waals surface area contributed by atoms with Gasteiger partial charge < -0.3 is 15.1 Å². The van der Waals surface area contributed by atoms with Crippen LogP contribution in [-0.4, -0.2) is 58.5 Å². The number of nitrogens with zero attached hydrogens (tertiary/aromatic N) is 4. The van der Waals surface area contributed by atoms with E-state index in [1.54, 1.807) is 18.5 Å². The van der Waals surface area contributed by atoms with Gasteiger partial charge in [-0.25, -0.2) is 14.4 Å². The van der Waals surface area contributed by atoms with E-state index in [4.69, 9.17) is 0 Å². The van der Waals surface area contributed by atoms with Gasteiger partial charge in [0.25, 0.3) is 0 Å². The molecular formula is C26H33FIN5O. The fraction of sp³-hybridized carbons (Fsp3) is 0.577. The Morgan fingerprint density at radius 1 is 1.21 bits per heavy atom. The van der Waals surface area contributed by atoms with Crippen molar-refractivity contribution in [1.82, 2.24) is 20.2 Å². The van der Waals surface area contributed by atoms with Crippen LogP contribution in [0.3, 0.4) is 0 Å². The highest BCUT2D eigenvalue weighted by Crippen LogP contribution is 2.38. The van der Waals surface area contributed by atoms with Crippen LogP contribution in [0.5, 0.6) is 0 Å². The van der Waals surface area contributed by atoms with Gasteiger partial charge in [0.15, 0.2) is 0 Å². The number of aryl methyl sites for hydroxylation is 1. The molecule has 1 amide bonds. The number of amides is 1. The molecule has 0 bridgehead atoms. The molecule has 5 rings (SSSR count). The third-order valence-corrected chi connectivity index (χ3v) is 8.65. The van der Waals surface area contributed by atoms with Gasteiger partial charge >= 0.3 is 0 Å². The minimum atomic E-state index is -0.386. The van der Waals surface area contributed by atoms with Crippen LogP contribution in [0.2, 0.25) is 0 Å². The summed E-state index contributed by atoms with van der Waals surface area (Å²) in [5.41, 5.74) is 3.20. The summed E-state index contributed by atoms with van der Waals surface area (Å²) in [5.74, 6) is 0.963. The second-order valence-corrected chi connectivity index (χ2v) is 11.8. The molecule has 1 aliphatic carbocycles. The molecule has 1 aromatic carbocycles. The molecule has 0 radical (unpaired) electrons. The smallest absolute Gasteiger partial charge is 0.231 e. The first kappa shape index (κ1) is 23.9. The molecule has 2 saturated heterocycles. The number of aromatic nitrogens is 2. The van der Waals surface area contributed by atoms with Crippen LogP contribution < -0.4 is 10.2 Å². The zero-order chi connectivity index (χ0) is 24.0. The van der Waals surface area contributed by atoms with E-state index in [2.05, 4.69) is 41.0 Å². The molecule has 0 spiro atoms. The molecule has 2 aliphatic heterocycles. The van der Waals surface area contributed by atoms with E-state index < -0.39 is 0 Å². The number of piperazine rings is 1. The van der Waals surface area contributed by atoms with Crippen LogP contribution in [0, 0.1) is 9.39 Å². The van der Waals surface area contributed by atoms with E-state index in [1.165, 1.54) is 11.3 Å². The molecule has 2 fully saturated rings. The van der Waals surface area contributed by atoms with Gasteiger partial charge in [-0.15, -0.1) is 0 Å². The van der Waals surface area contributed by atoms with E-state index in [0.717, 1.165) is 50.2 Å². The number of halogens is 2. The fourth-order valence-corrected chi connectivity index (χ4v) is 6.21. The maximum absolute atomic E-state index is 14.5. The SMILES string of the molecule is C[C@@H]1CCc2ncnc(N3CCN(C(=O)[C@@H](c4ccc(I)c(F)c4)[C@@H]4CCC(C)(C)N4)CC3)c21. The predicted molar refractivity (Wildman–Crippen MR) is 140 cm³/mol. The number of carbonyl (C=O) groups is 1. The summed E-state index contributed by atoms with van der Waals surface area (Å²) >= 11 is 2.00. The van der Waals surface area contributed by atoms with Gasteiger partial charge in [0, 0.05) is 52.6 Å². The van der Waals surface area contributed by atoms with Crippen LogP contribution in [0.15, 0.2) is 24.5 Å². The molecule has 3 atom stereocenters. The Hall–Kier alpha value is -1.81. The highest BCUT2D eigenvalue weighted by Gasteiger charge is 2.41. The minimum absolute atomic E-state index is 0.00553. The molecule has 34 heavy (non-hydrogen) atoms. The fourth-order valence-electron chi connectivity index (χ4n) is 5.88. The number of rotatable bonds is 4. The van der Waals surface area contributed by atoms with Gasteiger partial charge in [-0.05, 0) is 85.7 Å². The van der Waals surface area contributed by atoms with Gasteiger partial charge in [0.2, 0.25) is 5.91 Å². The molecule has 8 heteroatoms. The number of nitrogens with one attached hydrogen (secondary N) is 1. The van der Waals surface area contributed by atoms with Gasteiger partial charge in [0.1, 0.15) is 18.0 Å². The monoisotopic (exact) mass is 577 g/mol. The number of fused-ring (bicyclic) bond motifs is 1. The van der Waals surface area contributed by atoms with Crippen molar-refractivity contribution in [3.05, 3.63) is 50.7 Å². The highest BCUT2D eigenvalue weighted by atomic mass is 127. The zero-order valence-corrected chi connectivity index (χ0v) is 22.3. The molecule has 6 nitrogen and oxygen atoms in total. The average molecular weight is 577 g/mol. The maximum Gasteiger partial charge on any atom is 0.231 e. The van der Waals surface area contributed by atoms with Crippen molar-refractivity contribution in [3.63, 3.8) is 0 Å². The van der Waals surface area contributed by atoms with Crippen LogP contribution in [0.25, 0.3) is 0 Å². The molecule has 3 aliphatic rings. The van der Waals surface area contributed by atoms with Crippen LogP contribution in [-0.2, 0) is 11.2 Å². The van der Waals surface area contributed by atoms with Crippen molar-refractivity contribution in [2.24, 2.45) is 0 Å². The number of hydrogen-bond acceptors (Lipinski definition) is 5. The molecule has 1 aromatic heterocycles. The molecule has 1 N–H and O–H groups in total.